The number of urea groups is 1. The zero-order valence-electron chi connectivity index (χ0n) is 13.5. The quantitative estimate of drug-likeness (QED) is 0.895. The fraction of sp³-hybridized carbons (Fsp3) is 0.562. The zero-order valence-corrected chi connectivity index (χ0v) is 13.5. The van der Waals surface area contributed by atoms with E-state index in [1.54, 1.807) is 4.90 Å². The smallest absolute Gasteiger partial charge is 0.321 e. The van der Waals surface area contributed by atoms with Crippen molar-refractivity contribution < 1.29 is 18.0 Å². The van der Waals surface area contributed by atoms with Crippen molar-refractivity contribution >= 4 is 11.7 Å². The molecule has 2 saturated heterocycles. The molecule has 0 radical (unpaired) electrons. The van der Waals surface area contributed by atoms with Crippen molar-refractivity contribution in [1.82, 2.24) is 14.7 Å². The third-order valence-electron chi connectivity index (χ3n) is 4.64. The fourth-order valence-electron chi connectivity index (χ4n) is 3.01. The lowest BCUT2D eigenvalue weighted by molar-refractivity contribution is -0.137. The molecule has 0 aliphatic carbocycles. The number of anilines is 1. The Balaban J connectivity index is 1.50. The highest BCUT2D eigenvalue weighted by molar-refractivity contribution is 5.90. The number of piperazine rings is 1. The van der Waals surface area contributed by atoms with Gasteiger partial charge >= 0.3 is 12.2 Å². The van der Waals surface area contributed by atoms with E-state index in [0.29, 0.717) is 19.1 Å². The second kappa shape index (κ2) is 6.60. The standard InChI is InChI=1S/C16H21F3N4O/c1-21-5-7-22(8-6-21)14-10-23(11-14)15(24)20-13-4-2-3-12(9-13)16(17,18)19/h2-4,9,14H,5-8,10-11H2,1H3,(H,20,24). The summed E-state index contributed by atoms with van der Waals surface area (Å²) in [7, 11) is 2.09. The van der Waals surface area contributed by atoms with Gasteiger partial charge in [0.15, 0.2) is 0 Å². The molecule has 2 amide bonds. The topological polar surface area (TPSA) is 38.8 Å². The van der Waals surface area contributed by atoms with Crippen LogP contribution in [0.5, 0.6) is 0 Å². The van der Waals surface area contributed by atoms with Crippen LogP contribution < -0.4 is 5.32 Å². The minimum atomic E-state index is -4.41. The Kier molecular flexibility index (Phi) is 4.69. The molecule has 1 aromatic rings. The Labute approximate surface area is 139 Å². The molecule has 0 unspecified atom stereocenters. The van der Waals surface area contributed by atoms with Crippen LogP contribution in [0.4, 0.5) is 23.7 Å². The maximum Gasteiger partial charge on any atom is 0.416 e. The van der Waals surface area contributed by atoms with Crippen molar-refractivity contribution in [3.8, 4) is 0 Å². The molecule has 2 aliphatic rings. The first-order chi connectivity index (χ1) is 11.3. The van der Waals surface area contributed by atoms with E-state index in [2.05, 4.69) is 22.2 Å². The Bertz CT molecular complexity index is 593. The van der Waals surface area contributed by atoms with Gasteiger partial charge in [-0.05, 0) is 25.2 Å². The van der Waals surface area contributed by atoms with Crippen LogP contribution in [0.25, 0.3) is 0 Å². The first kappa shape index (κ1) is 17.0. The van der Waals surface area contributed by atoms with Gasteiger partial charge in [-0.25, -0.2) is 4.79 Å². The molecule has 1 aromatic carbocycles. The highest BCUT2D eigenvalue weighted by Gasteiger charge is 2.36. The maximum absolute atomic E-state index is 12.7. The Morgan fingerprint density at radius 3 is 2.46 bits per heavy atom. The largest absolute Gasteiger partial charge is 0.416 e. The number of likely N-dealkylation sites (tertiary alicyclic amines) is 1. The summed E-state index contributed by atoms with van der Waals surface area (Å²) in [6.45, 7) is 5.26. The number of hydrogen-bond donors (Lipinski definition) is 1. The molecule has 8 heteroatoms. The highest BCUT2D eigenvalue weighted by atomic mass is 19.4. The van der Waals surface area contributed by atoms with Crippen molar-refractivity contribution in [3.05, 3.63) is 29.8 Å². The van der Waals surface area contributed by atoms with Gasteiger partial charge in [0.25, 0.3) is 0 Å². The number of carbonyl (C=O) groups excluding carboxylic acids is 1. The molecule has 3 rings (SSSR count). The number of alkyl halides is 3. The normalized spacial score (nSPS) is 20.8. The molecule has 0 spiro atoms. The summed E-state index contributed by atoms with van der Waals surface area (Å²) in [6, 6.07) is 4.70. The Morgan fingerprint density at radius 1 is 1.17 bits per heavy atom. The van der Waals surface area contributed by atoms with Gasteiger partial charge < -0.3 is 15.1 Å². The van der Waals surface area contributed by atoms with Crippen LogP contribution in [0.15, 0.2) is 24.3 Å². The molecule has 0 aromatic heterocycles. The number of halogens is 3. The SMILES string of the molecule is CN1CCN(C2CN(C(=O)Nc3cccc(C(F)(F)F)c3)C2)CC1. The van der Waals surface area contributed by atoms with E-state index in [1.165, 1.54) is 12.1 Å². The monoisotopic (exact) mass is 342 g/mol. The van der Waals surface area contributed by atoms with Crippen LogP contribution in [-0.4, -0.2) is 73.1 Å². The fourth-order valence-corrected chi connectivity index (χ4v) is 3.01. The van der Waals surface area contributed by atoms with Crippen molar-refractivity contribution in [3.63, 3.8) is 0 Å². The van der Waals surface area contributed by atoms with Crippen LogP contribution >= 0.6 is 0 Å². The van der Waals surface area contributed by atoms with E-state index in [1.807, 2.05) is 0 Å². The van der Waals surface area contributed by atoms with Crippen molar-refractivity contribution in [2.45, 2.75) is 12.2 Å². The lowest BCUT2D eigenvalue weighted by Crippen LogP contribution is -2.64. The van der Waals surface area contributed by atoms with Crippen LogP contribution in [0.2, 0.25) is 0 Å². The molecule has 2 aliphatic heterocycles. The van der Waals surface area contributed by atoms with Crippen molar-refractivity contribution in [1.29, 1.82) is 0 Å². The molecular weight excluding hydrogens is 321 g/mol. The molecule has 132 valence electrons. The number of carbonyl (C=O) groups is 1. The number of benzene rings is 1. The number of nitrogens with one attached hydrogen (secondary N) is 1. The summed E-state index contributed by atoms with van der Waals surface area (Å²) in [5.41, 5.74) is -0.600. The number of likely N-dealkylation sites (N-methyl/N-ethyl adjacent to an activating group) is 1. The average Bonchev–Trinajstić information content (AvgIpc) is 2.47. The van der Waals surface area contributed by atoms with E-state index >= 15 is 0 Å². The Hall–Kier alpha value is -1.80. The highest BCUT2D eigenvalue weighted by Crippen LogP contribution is 2.30. The summed E-state index contributed by atoms with van der Waals surface area (Å²) >= 11 is 0. The predicted octanol–water partition coefficient (Wildman–Crippen LogP) is 2.17. The predicted molar refractivity (Wildman–Crippen MR) is 84.9 cm³/mol. The van der Waals surface area contributed by atoms with Crippen LogP contribution in [0.3, 0.4) is 0 Å². The molecule has 0 atom stereocenters. The van der Waals surface area contributed by atoms with Gasteiger partial charge in [-0.2, -0.15) is 13.2 Å². The van der Waals surface area contributed by atoms with Crippen molar-refractivity contribution in [2.24, 2.45) is 0 Å². The van der Waals surface area contributed by atoms with Crippen LogP contribution in [-0.2, 0) is 6.18 Å². The molecule has 0 saturated carbocycles. The van der Waals surface area contributed by atoms with Gasteiger partial charge in [0.2, 0.25) is 0 Å². The minimum Gasteiger partial charge on any atom is -0.321 e. The second-order valence-corrected chi connectivity index (χ2v) is 6.41. The average molecular weight is 342 g/mol. The van der Waals surface area contributed by atoms with E-state index in [9.17, 15) is 18.0 Å². The Morgan fingerprint density at radius 2 is 1.83 bits per heavy atom. The lowest BCUT2D eigenvalue weighted by Gasteiger charge is -2.47. The third-order valence-corrected chi connectivity index (χ3v) is 4.64. The van der Waals surface area contributed by atoms with Crippen LogP contribution in [0, 0.1) is 0 Å². The number of rotatable bonds is 2. The summed E-state index contributed by atoms with van der Waals surface area (Å²) in [6.07, 6.45) is -4.41. The minimum absolute atomic E-state index is 0.165. The number of hydrogen-bond acceptors (Lipinski definition) is 3. The molecule has 5 nitrogen and oxygen atoms in total. The lowest BCUT2D eigenvalue weighted by atomic mass is 10.1. The number of nitrogens with zero attached hydrogens (tertiary/aromatic N) is 3. The van der Waals surface area contributed by atoms with E-state index < -0.39 is 11.7 Å². The van der Waals surface area contributed by atoms with Gasteiger partial charge in [-0.15, -0.1) is 0 Å². The zero-order chi connectivity index (χ0) is 17.3. The summed E-state index contributed by atoms with van der Waals surface area (Å²) in [5, 5.41) is 2.55. The van der Waals surface area contributed by atoms with E-state index in [0.717, 1.165) is 38.3 Å². The summed E-state index contributed by atoms with van der Waals surface area (Å²) in [4.78, 5) is 18.4. The molecule has 0 bridgehead atoms. The van der Waals surface area contributed by atoms with Crippen LogP contribution in [0.1, 0.15) is 5.56 Å². The number of amides is 2. The maximum atomic E-state index is 12.7. The summed E-state index contributed by atoms with van der Waals surface area (Å²) < 4.78 is 38.1. The second-order valence-electron chi connectivity index (χ2n) is 6.41. The molecule has 2 heterocycles. The van der Waals surface area contributed by atoms with E-state index in [4.69, 9.17) is 0 Å². The first-order valence-electron chi connectivity index (χ1n) is 7.99. The first-order valence-corrected chi connectivity index (χ1v) is 7.99. The van der Waals surface area contributed by atoms with Gasteiger partial charge in [0, 0.05) is 51.0 Å². The molecule has 24 heavy (non-hydrogen) atoms. The van der Waals surface area contributed by atoms with Gasteiger partial charge in [-0.1, -0.05) is 6.07 Å². The van der Waals surface area contributed by atoms with Gasteiger partial charge in [-0.3, -0.25) is 4.90 Å². The molecule has 1 N–H and O–H groups in total. The van der Waals surface area contributed by atoms with Crippen molar-refractivity contribution in [2.75, 3.05) is 51.6 Å². The van der Waals surface area contributed by atoms with Gasteiger partial charge in [0.1, 0.15) is 0 Å². The van der Waals surface area contributed by atoms with Gasteiger partial charge in [0.05, 0.1) is 5.56 Å². The molecular formula is C16H21F3N4O. The molecule has 2 fully saturated rings. The van der Waals surface area contributed by atoms with E-state index in [-0.39, 0.29) is 11.7 Å². The third kappa shape index (κ3) is 3.81. The summed E-state index contributed by atoms with van der Waals surface area (Å²) in [5.74, 6) is 0.